The van der Waals surface area contributed by atoms with Gasteiger partial charge in [-0.15, -0.1) is 0 Å². The van der Waals surface area contributed by atoms with Crippen molar-refractivity contribution >= 4 is 17.6 Å². The minimum Gasteiger partial charge on any atom is -0.369 e. The highest BCUT2D eigenvalue weighted by Crippen LogP contribution is 2.24. The minimum absolute atomic E-state index is 0.625. The molecule has 3 heteroatoms. The van der Waals surface area contributed by atoms with E-state index in [1.807, 2.05) is 11.9 Å². The molecule has 1 fully saturated rings. The van der Waals surface area contributed by atoms with Gasteiger partial charge in [-0.1, -0.05) is 18.0 Å². The second-order valence-electron chi connectivity index (χ2n) is 4.89. The molecule has 1 saturated heterocycles. The lowest BCUT2D eigenvalue weighted by atomic mass is 10.1. The summed E-state index contributed by atoms with van der Waals surface area (Å²) in [6, 6.07) is 7.43. The molecule has 1 aliphatic heterocycles. The topological polar surface area (TPSA) is 6.48 Å². The molecule has 0 saturated carbocycles. The van der Waals surface area contributed by atoms with Crippen LogP contribution >= 0.6 is 11.9 Å². The van der Waals surface area contributed by atoms with Crippen LogP contribution in [0.1, 0.15) is 18.1 Å². The van der Waals surface area contributed by atoms with Crippen LogP contribution in [-0.2, 0) is 0 Å². The number of aryl methyl sites for hydroxylation is 2. The lowest BCUT2D eigenvalue weighted by Crippen LogP contribution is -2.48. The van der Waals surface area contributed by atoms with E-state index in [0.29, 0.717) is 6.04 Å². The fraction of sp³-hybridized carbons (Fsp3) is 0.571. The molecule has 0 N–H and O–H groups in total. The maximum atomic E-state index is 2.50. The summed E-state index contributed by atoms with van der Waals surface area (Å²) in [6.45, 7) is 10.1. The zero-order chi connectivity index (χ0) is 12.4. The van der Waals surface area contributed by atoms with Crippen molar-refractivity contribution in [3.8, 4) is 0 Å². The van der Waals surface area contributed by atoms with Crippen LogP contribution in [0.2, 0.25) is 0 Å². The van der Waals surface area contributed by atoms with Crippen molar-refractivity contribution in [1.29, 1.82) is 0 Å². The second kappa shape index (κ2) is 5.32. The van der Waals surface area contributed by atoms with E-state index in [1.165, 1.54) is 16.8 Å². The Bertz CT molecular complexity index is 392. The Kier molecular flexibility index (Phi) is 4.00. The average molecular weight is 250 g/mol. The van der Waals surface area contributed by atoms with E-state index < -0.39 is 0 Å². The van der Waals surface area contributed by atoms with E-state index in [9.17, 15) is 0 Å². The van der Waals surface area contributed by atoms with Crippen LogP contribution in [0.25, 0.3) is 0 Å². The van der Waals surface area contributed by atoms with Crippen LogP contribution in [0.15, 0.2) is 18.2 Å². The fourth-order valence-electron chi connectivity index (χ4n) is 2.37. The van der Waals surface area contributed by atoms with Gasteiger partial charge in [0.15, 0.2) is 0 Å². The second-order valence-corrected chi connectivity index (χ2v) is 5.72. The average Bonchev–Trinajstić information content (AvgIpc) is 2.32. The molecular weight excluding hydrogens is 228 g/mol. The Morgan fingerprint density at radius 2 is 1.94 bits per heavy atom. The monoisotopic (exact) mass is 250 g/mol. The van der Waals surface area contributed by atoms with Gasteiger partial charge in [-0.25, -0.2) is 4.31 Å². The molecule has 0 radical (unpaired) electrons. The highest BCUT2D eigenvalue weighted by atomic mass is 32.2. The fourth-order valence-corrected chi connectivity index (χ4v) is 3.06. The number of anilines is 1. The molecule has 1 heterocycles. The largest absolute Gasteiger partial charge is 0.369 e. The molecule has 0 bridgehead atoms. The van der Waals surface area contributed by atoms with Crippen molar-refractivity contribution < 1.29 is 0 Å². The van der Waals surface area contributed by atoms with Crippen molar-refractivity contribution in [2.45, 2.75) is 26.8 Å². The first-order valence-corrected chi connectivity index (χ1v) is 7.43. The van der Waals surface area contributed by atoms with Gasteiger partial charge in [0.05, 0.1) is 0 Å². The van der Waals surface area contributed by atoms with E-state index in [1.54, 1.807) is 0 Å². The summed E-state index contributed by atoms with van der Waals surface area (Å²) in [5, 5.41) is 0. The molecule has 0 amide bonds. The number of benzene rings is 1. The van der Waals surface area contributed by atoms with Gasteiger partial charge >= 0.3 is 0 Å². The molecular formula is C14H22N2S. The summed E-state index contributed by atoms with van der Waals surface area (Å²) in [5.41, 5.74) is 4.15. The SMILES string of the molecule is CSN1CCN(c2ccc(C)c(C)c2)CC1C. The predicted molar refractivity (Wildman–Crippen MR) is 77.8 cm³/mol. The maximum absolute atomic E-state index is 2.50. The number of hydrogen-bond acceptors (Lipinski definition) is 3. The third kappa shape index (κ3) is 2.78. The zero-order valence-electron chi connectivity index (χ0n) is 11.2. The van der Waals surface area contributed by atoms with Crippen LogP contribution in [0.4, 0.5) is 5.69 Å². The van der Waals surface area contributed by atoms with E-state index in [0.717, 1.165) is 19.6 Å². The van der Waals surface area contributed by atoms with Gasteiger partial charge in [0.2, 0.25) is 0 Å². The summed E-state index contributed by atoms with van der Waals surface area (Å²) in [4.78, 5) is 2.50. The molecule has 1 aliphatic rings. The summed E-state index contributed by atoms with van der Waals surface area (Å²) in [5.74, 6) is 0. The molecule has 1 aromatic rings. The molecule has 17 heavy (non-hydrogen) atoms. The van der Waals surface area contributed by atoms with Gasteiger partial charge in [0, 0.05) is 31.4 Å². The van der Waals surface area contributed by atoms with Gasteiger partial charge in [0.25, 0.3) is 0 Å². The van der Waals surface area contributed by atoms with E-state index in [-0.39, 0.29) is 0 Å². The molecule has 2 nitrogen and oxygen atoms in total. The van der Waals surface area contributed by atoms with Crippen molar-refractivity contribution in [1.82, 2.24) is 4.31 Å². The zero-order valence-corrected chi connectivity index (χ0v) is 12.0. The number of nitrogens with zero attached hydrogens (tertiary/aromatic N) is 2. The standard InChI is InChI=1S/C14H22N2S/c1-11-5-6-14(9-12(11)2)15-7-8-16(17-4)13(3)10-15/h5-6,9,13H,7-8,10H2,1-4H3. The molecule has 0 aromatic heterocycles. The molecule has 1 unspecified atom stereocenters. The summed E-state index contributed by atoms with van der Waals surface area (Å²) in [6.07, 6.45) is 2.17. The molecule has 1 atom stereocenters. The highest BCUT2D eigenvalue weighted by Gasteiger charge is 2.23. The molecule has 2 rings (SSSR count). The number of rotatable bonds is 2. The predicted octanol–water partition coefficient (Wildman–Crippen LogP) is 3.09. The lowest BCUT2D eigenvalue weighted by molar-refractivity contribution is 0.337. The van der Waals surface area contributed by atoms with Crippen LogP contribution in [0, 0.1) is 13.8 Å². The quantitative estimate of drug-likeness (QED) is 0.745. The Balaban J connectivity index is 2.11. The molecule has 94 valence electrons. The Morgan fingerprint density at radius 3 is 2.53 bits per heavy atom. The van der Waals surface area contributed by atoms with Gasteiger partial charge in [0.1, 0.15) is 0 Å². The first kappa shape index (κ1) is 12.8. The van der Waals surface area contributed by atoms with Crippen LogP contribution in [-0.4, -0.2) is 36.2 Å². The van der Waals surface area contributed by atoms with Gasteiger partial charge in [-0.3, -0.25) is 0 Å². The van der Waals surface area contributed by atoms with E-state index in [2.05, 4.69) is 54.4 Å². The summed E-state index contributed by atoms with van der Waals surface area (Å²) >= 11 is 1.86. The van der Waals surface area contributed by atoms with E-state index >= 15 is 0 Å². The number of piperazine rings is 1. The van der Waals surface area contributed by atoms with E-state index in [4.69, 9.17) is 0 Å². The third-order valence-electron chi connectivity index (χ3n) is 3.66. The van der Waals surface area contributed by atoms with Crippen molar-refractivity contribution in [2.24, 2.45) is 0 Å². The molecule has 0 aliphatic carbocycles. The van der Waals surface area contributed by atoms with Crippen molar-refractivity contribution in [3.05, 3.63) is 29.3 Å². The number of hydrogen-bond donors (Lipinski definition) is 0. The Hall–Kier alpha value is -0.670. The van der Waals surface area contributed by atoms with Crippen molar-refractivity contribution in [3.63, 3.8) is 0 Å². The maximum Gasteiger partial charge on any atom is 0.0370 e. The first-order valence-electron chi connectivity index (χ1n) is 6.24. The normalized spacial score (nSPS) is 21.9. The van der Waals surface area contributed by atoms with Crippen LogP contribution in [0.5, 0.6) is 0 Å². The highest BCUT2D eigenvalue weighted by molar-refractivity contribution is 7.96. The minimum atomic E-state index is 0.625. The van der Waals surface area contributed by atoms with Gasteiger partial charge in [-0.2, -0.15) is 0 Å². The molecule has 0 spiro atoms. The Labute approximate surface area is 109 Å². The first-order chi connectivity index (χ1) is 8.11. The summed E-state index contributed by atoms with van der Waals surface area (Å²) in [7, 11) is 0. The third-order valence-corrected chi connectivity index (χ3v) is 4.67. The van der Waals surface area contributed by atoms with Gasteiger partial charge < -0.3 is 4.90 Å². The van der Waals surface area contributed by atoms with Crippen LogP contribution in [0.3, 0.4) is 0 Å². The lowest BCUT2D eigenvalue weighted by Gasteiger charge is -2.39. The Morgan fingerprint density at radius 1 is 1.18 bits per heavy atom. The summed E-state index contributed by atoms with van der Waals surface area (Å²) < 4.78 is 2.47. The van der Waals surface area contributed by atoms with Crippen LogP contribution < -0.4 is 4.90 Å². The molecule has 1 aromatic carbocycles. The smallest absolute Gasteiger partial charge is 0.0370 e. The van der Waals surface area contributed by atoms with Gasteiger partial charge in [-0.05, 0) is 50.3 Å². The van der Waals surface area contributed by atoms with Crippen molar-refractivity contribution in [2.75, 3.05) is 30.8 Å².